The molecule has 1 amide bonds. The molecule has 0 spiro atoms. The zero-order valence-electron chi connectivity index (χ0n) is 13.8. The largest absolute Gasteiger partial charge is 0.479 e. The van der Waals surface area contributed by atoms with Crippen LogP contribution in [0.1, 0.15) is 5.56 Å². The molecule has 0 aromatic heterocycles. The van der Waals surface area contributed by atoms with E-state index in [2.05, 4.69) is 0 Å². The van der Waals surface area contributed by atoms with Gasteiger partial charge in [-0.15, -0.1) is 11.8 Å². The second kappa shape index (κ2) is 8.41. The molecule has 130 valence electrons. The molecule has 1 aliphatic heterocycles. The van der Waals surface area contributed by atoms with Crippen molar-refractivity contribution in [3.05, 3.63) is 59.0 Å². The summed E-state index contributed by atoms with van der Waals surface area (Å²) in [6.07, 6.45) is 3.80. The number of benzene rings is 2. The van der Waals surface area contributed by atoms with E-state index in [1.807, 2.05) is 54.8 Å². The number of hydrogen-bond acceptors (Lipinski definition) is 6. The molecule has 0 radical (unpaired) electrons. The number of carbonyl (C=O) groups excluding carboxylic acids is 1. The number of amides is 1. The summed E-state index contributed by atoms with van der Waals surface area (Å²) in [5.74, 6) is 0.494. The number of nitrogens with zero attached hydrogens (tertiary/aromatic N) is 2. The zero-order chi connectivity index (χ0) is 18.5. The Labute approximate surface area is 165 Å². The minimum atomic E-state index is -0.122. The third kappa shape index (κ3) is 4.10. The maximum Gasteiger partial charge on any atom is 0.270 e. The van der Waals surface area contributed by atoms with Gasteiger partial charge in [0.05, 0.1) is 10.6 Å². The van der Waals surface area contributed by atoms with Gasteiger partial charge in [0.2, 0.25) is 0 Å². The lowest BCUT2D eigenvalue weighted by Crippen LogP contribution is -2.27. The predicted molar refractivity (Wildman–Crippen MR) is 111 cm³/mol. The molecule has 1 heterocycles. The van der Waals surface area contributed by atoms with Crippen molar-refractivity contribution >= 4 is 57.7 Å². The summed E-state index contributed by atoms with van der Waals surface area (Å²) in [5.41, 5.74) is 1.65. The Morgan fingerprint density at radius 2 is 2.08 bits per heavy atom. The van der Waals surface area contributed by atoms with Crippen molar-refractivity contribution in [3.63, 3.8) is 0 Å². The van der Waals surface area contributed by atoms with Gasteiger partial charge < -0.3 is 4.74 Å². The fourth-order valence-corrected chi connectivity index (χ4v) is 4.12. The Hall–Kier alpha value is -2.27. The van der Waals surface area contributed by atoms with Crippen LogP contribution in [0.25, 0.3) is 6.08 Å². The molecule has 2 aromatic rings. The average Bonchev–Trinajstić information content (AvgIpc) is 2.94. The van der Waals surface area contributed by atoms with Crippen molar-refractivity contribution in [2.45, 2.75) is 4.90 Å². The van der Waals surface area contributed by atoms with Gasteiger partial charge in [0.1, 0.15) is 11.8 Å². The quantitative estimate of drug-likeness (QED) is 0.413. The standard InChI is InChI=1S/C19H14N2O2S3/c1-25-16-4-2-3-14(12-16)21-18(22)17(26-19(21)24)11-13-5-7-15(8-6-13)23-10-9-20/h2-8,11-12H,10H2,1H3/b17-11-. The number of rotatable bonds is 5. The summed E-state index contributed by atoms with van der Waals surface area (Å²) < 4.78 is 5.75. The van der Waals surface area contributed by atoms with Crippen molar-refractivity contribution < 1.29 is 9.53 Å². The maximum atomic E-state index is 12.8. The van der Waals surface area contributed by atoms with Crippen LogP contribution in [0.3, 0.4) is 0 Å². The van der Waals surface area contributed by atoms with Crippen LogP contribution in [-0.4, -0.2) is 23.1 Å². The molecule has 0 atom stereocenters. The van der Waals surface area contributed by atoms with Gasteiger partial charge in [-0.2, -0.15) is 5.26 Å². The first kappa shape index (κ1) is 18.5. The lowest BCUT2D eigenvalue weighted by atomic mass is 10.2. The van der Waals surface area contributed by atoms with Gasteiger partial charge in [-0.1, -0.05) is 42.2 Å². The normalized spacial score (nSPS) is 15.4. The third-order valence-corrected chi connectivity index (χ3v) is 5.61. The number of hydrogen-bond donors (Lipinski definition) is 0. The average molecular weight is 399 g/mol. The zero-order valence-corrected chi connectivity index (χ0v) is 16.3. The van der Waals surface area contributed by atoms with Crippen molar-refractivity contribution in [1.29, 1.82) is 5.26 Å². The van der Waals surface area contributed by atoms with E-state index in [0.717, 1.165) is 16.1 Å². The first-order chi connectivity index (χ1) is 12.6. The van der Waals surface area contributed by atoms with Crippen molar-refractivity contribution in [2.75, 3.05) is 17.8 Å². The lowest BCUT2D eigenvalue weighted by Gasteiger charge is -2.15. The SMILES string of the molecule is CSc1cccc(N2C(=O)/C(=C/c3ccc(OCC#N)cc3)SC2=S)c1. The van der Waals surface area contributed by atoms with E-state index in [-0.39, 0.29) is 12.5 Å². The fraction of sp³-hybridized carbons (Fsp3) is 0.105. The van der Waals surface area contributed by atoms with Crippen LogP contribution in [-0.2, 0) is 4.79 Å². The molecule has 7 heteroatoms. The molecule has 0 bridgehead atoms. The number of thioether (sulfide) groups is 2. The van der Waals surface area contributed by atoms with E-state index < -0.39 is 0 Å². The second-order valence-corrected chi connectivity index (χ2v) is 7.79. The number of nitriles is 1. The molecule has 3 rings (SSSR count). The highest BCUT2D eigenvalue weighted by Gasteiger charge is 2.33. The second-order valence-electron chi connectivity index (χ2n) is 5.23. The molecular formula is C19H14N2O2S3. The van der Waals surface area contributed by atoms with Gasteiger partial charge in [-0.05, 0) is 48.2 Å². The van der Waals surface area contributed by atoms with Crippen LogP contribution in [0.15, 0.2) is 58.3 Å². The molecule has 0 unspecified atom stereocenters. The Bertz CT molecular complexity index is 917. The maximum absolute atomic E-state index is 12.8. The molecule has 1 aliphatic rings. The molecule has 2 aromatic carbocycles. The van der Waals surface area contributed by atoms with Crippen molar-refractivity contribution in [3.8, 4) is 11.8 Å². The van der Waals surface area contributed by atoms with E-state index >= 15 is 0 Å². The van der Waals surface area contributed by atoms with Crippen molar-refractivity contribution in [1.82, 2.24) is 0 Å². The third-order valence-electron chi connectivity index (χ3n) is 3.59. The molecule has 0 N–H and O–H groups in total. The molecular weight excluding hydrogens is 384 g/mol. The number of anilines is 1. The highest BCUT2D eigenvalue weighted by Crippen LogP contribution is 2.37. The van der Waals surface area contributed by atoms with Crippen LogP contribution in [0, 0.1) is 11.3 Å². The summed E-state index contributed by atoms with van der Waals surface area (Å²) in [6, 6.07) is 16.9. The van der Waals surface area contributed by atoms with Crippen LogP contribution < -0.4 is 9.64 Å². The van der Waals surface area contributed by atoms with Gasteiger partial charge in [-0.25, -0.2) is 0 Å². The molecule has 1 fully saturated rings. The highest BCUT2D eigenvalue weighted by atomic mass is 32.2. The van der Waals surface area contributed by atoms with Gasteiger partial charge in [0, 0.05) is 4.90 Å². The Morgan fingerprint density at radius 1 is 1.31 bits per heavy atom. The smallest absolute Gasteiger partial charge is 0.270 e. The predicted octanol–water partition coefficient (Wildman–Crippen LogP) is 4.72. The number of thiocarbonyl (C=S) groups is 1. The summed E-state index contributed by atoms with van der Waals surface area (Å²) >= 11 is 8.32. The summed E-state index contributed by atoms with van der Waals surface area (Å²) in [7, 11) is 0. The first-order valence-electron chi connectivity index (χ1n) is 7.64. The first-order valence-corrected chi connectivity index (χ1v) is 10.1. The fourth-order valence-electron chi connectivity index (χ4n) is 2.37. The van der Waals surface area contributed by atoms with Crippen molar-refractivity contribution in [2.24, 2.45) is 0 Å². The van der Waals surface area contributed by atoms with Gasteiger partial charge in [-0.3, -0.25) is 9.69 Å². The van der Waals surface area contributed by atoms with E-state index in [9.17, 15) is 4.79 Å². The van der Waals surface area contributed by atoms with E-state index in [0.29, 0.717) is 15.0 Å². The molecule has 4 nitrogen and oxygen atoms in total. The molecule has 1 saturated heterocycles. The van der Waals surface area contributed by atoms with Gasteiger partial charge >= 0.3 is 0 Å². The Balaban J connectivity index is 1.82. The highest BCUT2D eigenvalue weighted by molar-refractivity contribution is 8.27. The summed E-state index contributed by atoms with van der Waals surface area (Å²) in [6.45, 7) is 0.00706. The minimum Gasteiger partial charge on any atom is -0.479 e. The monoisotopic (exact) mass is 398 g/mol. The van der Waals surface area contributed by atoms with Crippen LogP contribution in [0.2, 0.25) is 0 Å². The van der Waals surface area contributed by atoms with Gasteiger partial charge in [0.25, 0.3) is 5.91 Å². The minimum absolute atomic E-state index is 0.00706. The lowest BCUT2D eigenvalue weighted by molar-refractivity contribution is -0.113. The number of carbonyl (C=O) groups is 1. The summed E-state index contributed by atoms with van der Waals surface area (Å²) in [4.78, 5) is 16.0. The molecule has 0 aliphatic carbocycles. The van der Waals surface area contributed by atoms with Crippen LogP contribution in [0.4, 0.5) is 5.69 Å². The molecule has 26 heavy (non-hydrogen) atoms. The molecule has 0 saturated carbocycles. The van der Waals surface area contributed by atoms with Crippen LogP contribution in [0.5, 0.6) is 5.75 Å². The number of ether oxygens (including phenoxy) is 1. The van der Waals surface area contributed by atoms with E-state index in [1.165, 1.54) is 11.8 Å². The van der Waals surface area contributed by atoms with E-state index in [1.54, 1.807) is 28.8 Å². The Morgan fingerprint density at radius 3 is 2.77 bits per heavy atom. The van der Waals surface area contributed by atoms with E-state index in [4.69, 9.17) is 22.2 Å². The topological polar surface area (TPSA) is 53.3 Å². The summed E-state index contributed by atoms with van der Waals surface area (Å²) in [5, 5.41) is 8.53. The van der Waals surface area contributed by atoms with Gasteiger partial charge in [0.15, 0.2) is 10.9 Å². The Kier molecular flexibility index (Phi) is 5.99. The van der Waals surface area contributed by atoms with Crippen LogP contribution >= 0.6 is 35.7 Å².